The van der Waals surface area contributed by atoms with E-state index in [-0.39, 0.29) is 0 Å². The zero-order valence-corrected chi connectivity index (χ0v) is 7.63. The van der Waals surface area contributed by atoms with E-state index in [0.29, 0.717) is 6.54 Å². The molecule has 3 heteroatoms. The van der Waals surface area contributed by atoms with Crippen molar-refractivity contribution in [3.8, 4) is 0 Å². The number of rotatable bonds is 1. The lowest BCUT2D eigenvalue weighted by Gasteiger charge is -2.03. The molecule has 0 spiro atoms. The van der Waals surface area contributed by atoms with Gasteiger partial charge in [-0.2, -0.15) is 0 Å². The normalized spacial score (nSPS) is 9.80. The number of hydrogen-bond acceptors (Lipinski definition) is 2. The molecule has 1 aromatic carbocycles. The highest BCUT2D eigenvalue weighted by molar-refractivity contribution is 14.1. The summed E-state index contributed by atoms with van der Waals surface area (Å²) in [7, 11) is 0. The lowest BCUT2D eigenvalue weighted by Crippen LogP contribution is -2.03. The molecule has 0 unspecified atom stereocenters. The van der Waals surface area contributed by atoms with Crippen molar-refractivity contribution in [1.29, 1.82) is 0 Å². The van der Waals surface area contributed by atoms with Crippen molar-refractivity contribution in [1.82, 2.24) is 0 Å². The molecule has 0 fully saturated rings. The van der Waals surface area contributed by atoms with E-state index >= 15 is 0 Å². The van der Waals surface area contributed by atoms with Crippen LogP contribution in [0.1, 0.15) is 5.56 Å². The third-order valence-electron chi connectivity index (χ3n) is 1.36. The van der Waals surface area contributed by atoms with Crippen LogP contribution in [0.3, 0.4) is 0 Å². The fourth-order valence-corrected chi connectivity index (χ4v) is 1.53. The highest BCUT2D eigenvalue weighted by atomic mass is 127. The summed E-state index contributed by atoms with van der Waals surface area (Å²) >= 11 is 2.23. The van der Waals surface area contributed by atoms with Crippen LogP contribution >= 0.6 is 22.6 Å². The van der Waals surface area contributed by atoms with Gasteiger partial charge in [-0.3, -0.25) is 0 Å². The first-order valence-corrected chi connectivity index (χ1v) is 4.06. The van der Waals surface area contributed by atoms with Gasteiger partial charge in [-0.25, -0.2) is 0 Å². The van der Waals surface area contributed by atoms with Crippen LogP contribution in [0.2, 0.25) is 0 Å². The number of nitrogens with two attached hydrogens (primary N) is 2. The minimum Gasteiger partial charge on any atom is -0.398 e. The predicted molar refractivity (Wildman–Crippen MR) is 51.5 cm³/mol. The fraction of sp³-hybridized carbons (Fsp3) is 0.143. The van der Waals surface area contributed by atoms with Gasteiger partial charge in [-0.15, -0.1) is 0 Å². The quantitative estimate of drug-likeness (QED) is 0.582. The minimum absolute atomic E-state index is 0.519. The Bertz CT molecular complexity index is 215. The van der Waals surface area contributed by atoms with Gasteiger partial charge in [0.2, 0.25) is 0 Å². The van der Waals surface area contributed by atoms with Crippen LogP contribution in [0.5, 0.6) is 0 Å². The van der Waals surface area contributed by atoms with Gasteiger partial charge in [0.05, 0.1) is 0 Å². The summed E-state index contributed by atoms with van der Waals surface area (Å²) in [5.41, 5.74) is 12.9. The van der Waals surface area contributed by atoms with E-state index < -0.39 is 0 Å². The van der Waals surface area contributed by atoms with Gasteiger partial charge in [-0.05, 0) is 34.7 Å². The first kappa shape index (κ1) is 7.81. The van der Waals surface area contributed by atoms with E-state index in [1.54, 1.807) is 0 Å². The molecule has 0 aliphatic heterocycles. The van der Waals surface area contributed by atoms with Crippen LogP contribution in [0, 0.1) is 3.57 Å². The Morgan fingerprint density at radius 1 is 1.40 bits per heavy atom. The number of anilines is 1. The molecular formula is C7H9IN2. The zero-order chi connectivity index (χ0) is 7.56. The predicted octanol–water partition coefficient (Wildman–Crippen LogP) is 1.33. The lowest BCUT2D eigenvalue weighted by molar-refractivity contribution is 1.06. The summed E-state index contributed by atoms with van der Waals surface area (Å²) in [5.74, 6) is 0. The molecule has 0 amide bonds. The molecule has 1 aromatic rings. The topological polar surface area (TPSA) is 52.0 Å². The average molecular weight is 248 g/mol. The van der Waals surface area contributed by atoms with Gasteiger partial charge in [0.25, 0.3) is 0 Å². The molecule has 0 saturated heterocycles. The van der Waals surface area contributed by atoms with E-state index in [1.807, 2.05) is 18.2 Å². The van der Waals surface area contributed by atoms with Gasteiger partial charge in [0, 0.05) is 21.4 Å². The molecule has 4 N–H and O–H groups in total. The first-order chi connectivity index (χ1) is 4.75. The maximum atomic E-state index is 5.65. The Kier molecular flexibility index (Phi) is 2.50. The number of benzene rings is 1. The maximum Gasteiger partial charge on any atom is 0.0370 e. The molecule has 1 rings (SSSR count). The van der Waals surface area contributed by atoms with Crippen LogP contribution in [-0.4, -0.2) is 0 Å². The molecule has 54 valence electrons. The molecule has 0 aromatic heterocycles. The Labute approximate surface area is 73.7 Å². The highest BCUT2D eigenvalue weighted by Crippen LogP contribution is 2.17. The molecule has 0 aliphatic carbocycles. The van der Waals surface area contributed by atoms with Crippen LogP contribution in [0.25, 0.3) is 0 Å². The zero-order valence-electron chi connectivity index (χ0n) is 5.47. The molecule has 2 nitrogen and oxygen atoms in total. The van der Waals surface area contributed by atoms with Crippen molar-refractivity contribution in [2.24, 2.45) is 5.73 Å². The number of nitrogen functional groups attached to an aromatic ring is 1. The van der Waals surface area contributed by atoms with Gasteiger partial charge in [0.15, 0.2) is 0 Å². The third kappa shape index (κ3) is 1.41. The Morgan fingerprint density at radius 2 is 2.10 bits per heavy atom. The molecule has 0 bridgehead atoms. The summed E-state index contributed by atoms with van der Waals surface area (Å²) in [5, 5.41) is 0. The molecule has 0 saturated carbocycles. The average Bonchev–Trinajstić information content (AvgIpc) is 1.88. The highest BCUT2D eigenvalue weighted by Gasteiger charge is 1.99. The molecule has 0 radical (unpaired) electrons. The number of halogens is 1. The van der Waals surface area contributed by atoms with Crippen molar-refractivity contribution < 1.29 is 0 Å². The van der Waals surface area contributed by atoms with E-state index in [1.165, 1.54) is 0 Å². The standard InChI is InChI=1S/C7H9IN2/c8-6-2-1-3-7(10)5(6)4-9/h1-3H,4,9-10H2. The van der Waals surface area contributed by atoms with Gasteiger partial charge < -0.3 is 11.5 Å². The Morgan fingerprint density at radius 3 is 2.50 bits per heavy atom. The Hall–Kier alpha value is -0.290. The smallest absolute Gasteiger partial charge is 0.0370 e. The van der Waals surface area contributed by atoms with Crippen molar-refractivity contribution in [2.75, 3.05) is 5.73 Å². The molecule has 0 aliphatic rings. The molecule has 10 heavy (non-hydrogen) atoms. The first-order valence-electron chi connectivity index (χ1n) is 2.98. The van der Waals surface area contributed by atoms with E-state index in [9.17, 15) is 0 Å². The van der Waals surface area contributed by atoms with Crippen LogP contribution in [-0.2, 0) is 6.54 Å². The maximum absolute atomic E-state index is 5.65. The second-order valence-electron chi connectivity index (χ2n) is 2.01. The third-order valence-corrected chi connectivity index (χ3v) is 2.37. The number of hydrogen-bond donors (Lipinski definition) is 2. The van der Waals surface area contributed by atoms with Crippen LogP contribution in [0.15, 0.2) is 18.2 Å². The largest absolute Gasteiger partial charge is 0.398 e. The summed E-state index contributed by atoms with van der Waals surface area (Å²) < 4.78 is 1.14. The molecular weight excluding hydrogens is 239 g/mol. The van der Waals surface area contributed by atoms with E-state index in [4.69, 9.17) is 11.5 Å². The van der Waals surface area contributed by atoms with Crippen LogP contribution < -0.4 is 11.5 Å². The van der Waals surface area contributed by atoms with Gasteiger partial charge in [0.1, 0.15) is 0 Å². The molecule has 0 heterocycles. The van der Waals surface area contributed by atoms with Crippen LogP contribution in [0.4, 0.5) is 5.69 Å². The van der Waals surface area contributed by atoms with Crippen molar-refractivity contribution in [3.63, 3.8) is 0 Å². The van der Waals surface area contributed by atoms with Crippen molar-refractivity contribution in [2.45, 2.75) is 6.54 Å². The monoisotopic (exact) mass is 248 g/mol. The minimum atomic E-state index is 0.519. The second kappa shape index (κ2) is 3.21. The summed E-state index contributed by atoms with van der Waals surface area (Å²) in [6.45, 7) is 0.519. The lowest BCUT2D eigenvalue weighted by atomic mass is 10.2. The van der Waals surface area contributed by atoms with E-state index in [2.05, 4.69) is 22.6 Å². The van der Waals surface area contributed by atoms with Crippen molar-refractivity contribution >= 4 is 28.3 Å². The fourth-order valence-electron chi connectivity index (χ4n) is 0.791. The molecule has 0 atom stereocenters. The van der Waals surface area contributed by atoms with E-state index in [0.717, 1.165) is 14.8 Å². The SMILES string of the molecule is NCc1c(N)cccc1I. The summed E-state index contributed by atoms with van der Waals surface area (Å²) in [6.07, 6.45) is 0. The summed E-state index contributed by atoms with van der Waals surface area (Å²) in [6, 6.07) is 5.79. The second-order valence-corrected chi connectivity index (χ2v) is 3.17. The Balaban J connectivity index is 3.17. The van der Waals surface area contributed by atoms with Crippen molar-refractivity contribution in [3.05, 3.63) is 27.3 Å². The summed E-state index contributed by atoms with van der Waals surface area (Å²) in [4.78, 5) is 0. The van der Waals surface area contributed by atoms with Gasteiger partial charge in [-0.1, -0.05) is 6.07 Å². The van der Waals surface area contributed by atoms with Gasteiger partial charge >= 0.3 is 0 Å².